The Balaban J connectivity index is 1.59. The molecule has 28 heavy (non-hydrogen) atoms. The fourth-order valence-corrected chi connectivity index (χ4v) is 5.55. The summed E-state index contributed by atoms with van der Waals surface area (Å²) in [6.07, 6.45) is 14.0. The van der Waals surface area contributed by atoms with Crippen molar-refractivity contribution >= 4 is 40.8 Å². The number of rotatable bonds is 5. The van der Waals surface area contributed by atoms with E-state index in [9.17, 15) is 0 Å². The van der Waals surface area contributed by atoms with E-state index >= 15 is 0 Å². The first-order valence-corrected chi connectivity index (χ1v) is 12.3. The molecule has 1 saturated heterocycles. The fraction of sp³-hybridized carbons (Fsp3) is 0.455. The molecule has 3 heterocycles. The molecule has 3 aliphatic rings. The third-order valence-corrected chi connectivity index (χ3v) is 7.78. The van der Waals surface area contributed by atoms with Gasteiger partial charge < -0.3 is 4.90 Å². The van der Waals surface area contributed by atoms with Gasteiger partial charge in [-0.05, 0) is 74.7 Å². The van der Waals surface area contributed by atoms with Gasteiger partial charge in [-0.1, -0.05) is 35.5 Å². The summed E-state index contributed by atoms with van der Waals surface area (Å²) in [7, 11) is 2.21. The second-order valence-corrected chi connectivity index (χ2v) is 10.1. The summed E-state index contributed by atoms with van der Waals surface area (Å²) in [5.41, 5.74) is 3.95. The number of halogens is 1. The first-order valence-electron chi connectivity index (χ1n) is 9.85. The van der Waals surface area contributed by atoms with Crippen molar-refractivity contribution in [3.8, 4) is 0 Å². The predicted octanol–water partition coefficient (Wildman–Crippen LogP) is 6.19. The van der Waals surface area contributed by atoms with E-state index in [0.717, 1.165) is 24.3 Å². The maximum atomic E-state index is 6.01. The van der Waals surface area contributed by atoms with E-state index in [1.807, 2.05) is 23.9 Å². The Morgan fingerprint density at radius 3 is 2.61 bits per heavy atom. The highest BCUT2D eigenvalue weighted by Crippen LogP contribution is 2.42. The molecule has 2 aliphatic heterocycles. The van der Waals surface area contributed by atoms with Gasteiger partial charge in [0, 0.05) is 29.2 Å². The smallest absolute Gasteiger partial charge is 0.101 e. The molecule has 0 amide bonds. The summed E-state index contributed by atoms with van der Waals surface area (Å²) in [5, 5.41) is 1.67. The summed E-state index contributed by atoms with van der Waals surface area (Å²) in [6.45, 7) is 2.34. The quantitative estimate of drug-likeness (QED) is 0.555. The van der Waals surface area contributed by atoms with Crippen molar-refractivity contribution in [2.45, 2.75) is 37.1 Å². The molecule has 4 rings (SSSR count). The SMILES string of the molecule is CSC1=CC=C(C2=C(Sc3ccc(Cl)cn3)CC(C3CCN(C)CC3)=N2)CC1. The van der Waals surface area contributed by atoms with E-state index < -0.39 is 0 Å². The second-order valence-electron chi connectivity index (χ2n) is 7.57. The Kier molecular flexibility index (Phi) is 6.66. The van der Waals surface area contributed by atoms with Crippen LogP contribution in [0.25, 0.3) is 0 Å². The predicted molar refractivity (Wildman–Crippen MR) is 123 cm³/mol. The average Bonchev–Trinajstić information content (AvgIpc) is 3.14. The summed E-state index contributed by atoms with van der Waals surface area (Å²) in [5.74, 6) is 0.615. The third kappa shape index (κ3) is 4.76. The lowest BCUT2D eigenvalue weighted by Crippen LogP contribution is -2.33. The molecular weight excluding hydrogens is 406 g/mol. The lowest BCUT2D eigenvalue weighted by Gasteiger charge is -2.29. The maximum absolute atomic E-state index is 6.01. The molecule has 6 heteroatoms. The molecule has 0 saturated carbocycles. The minimum absolute atomic E-state index is 0.615. The molecule has 0 unspecified atom stereocenters. The van der Waals surface area contributed by atoms with Crippen molar-refractivity contribution in [1.29, 1.82) is 0 Å². The van der Waals surface area contributed by atoms with Gasteiger partial charge in [0.2, 0.25) is 0 Å². The Hall–Kier alpha value is -1.01. The maximum Gasteiger partial charge on any atom is 0.101 e. The van der Waals surface area contributed by atoms with Gasteiger partial charge in [0.15, 0.2) is 0 Å². The van der Waals surface area contributed by atoms with E-state index in [1.165, 1.54) is 52.7 Å². The van der Waals surface area contributed by atoms with Crippen molar-refractivity contribution in [2.75, 3.05) is 26.4 Å². The number of aromatic nitrogens is 1. The van der Waals surface area contributed by atoms with Crippen LogP contribution in [0.1, 0.15) is 32.1 Å². The van der Waals surface area contributed by atoms with Crippen LogP contribution in [0.3, 0.4) is 0 Å². The number of thioether (sulfide) groups is 2. The molecule has 1 aliphatic carbocycles. The first-order chi connectivity index (χ1) is 13.6. The van der Waals surface area contributed by atoms with Crippen molar-refractivity contribution in [1.82, 2.24) is 9.88 Å². The van der Waals surface area contributed by atoms with E-state index in [4.69, 9.17) is 16.6 Å². The van der Waals surface area contributed by atoms with Crippen molar-refractivity contribution in [2.24, 2.45) is 10.9 Å². The monoisotopic (exact) mass is 431 g/mol. The standard InChI is InChI=1S/C22H26ClN3S2/c1-26-11-9-15(10-12-26)19-13-20(28-21-8-5-17(23)14-24-21)22(25-19)16-3-6-18(27-2)7-4-16/h3,5-6,8,14-15H,4,7,9-13H2,1-2H3. The lowest BCUT2D eigenvalue weighted by molar-refractivity contribution is 0.251. The van der Waals surface area contributed by atoms with Gasteiger partial charge in [-0.2, -0.15) is 0 Å². The van der Waals surface area contributed by atoms with Crippen LogP contribution in [0, 0.1) is 5.92 Å². The third-order valence-electron chi connectivity index (χ3n) is 5.66. The number of nitrogens with zero attached hydrogens (tertiary/aromatic N) is 3. The van der Waals surface area contributed by atoms with Crippen LogP contribution in [-0.4, -0.2) is 42.0 Å². The minimum Gasteiger partial charge on any atom is -0.306 e. The molecule has 1 fully saturated rings. The molecule has 0 spiro atoms. The van der Waals surface area contributed by atoms with Crippen LogP contribution in [0.15, 0.2) is 61.6 Å². The topological polar surface area (TPSA) is 28.5 Å². The van der Waals surface area contributed by atoms with Gasteiger partial charge in [-0.3, -0.25) is 4.99 Å². The molecule has 0 atom stereocenters. The Bertz CT molecular complexity index is 847. The number of piperidine rings is 1. The summed E-state index contributed by atoms with van der Waals surface area (Å²) >= 11 is 9.62. The molecule has 3 nitrogen and oxygen atoms in total. The number of allylic oxidation sites excluding steroid dienone is 5. The zero-order chi connectivity index (χ0) is 19.5. The van der Waals surface area contributed by atoms with Crippen LogP contribution < -0.4 is 0 Å². The van der Waals surface area contributed by atoms with E-state index in [2.05, 4.69) is 35.3 Å². The van der Waals surface area contributed by atoms with Gasteiger partial charge in [0.25, 0.3) is 0 Å². The van der Waals surface area contributed by atoms with E-state index in [1.54, 1.807) is 18.0 Å². The van der Waals surface area contributed by atoms with Gasteiger partial charge in [-0.15, -0.1) is 11.8 Å². The lowest BCUT2D eigenvalue weighted by atomic mass is 9.91. The van der Waals surface area contributed by atoms with Crippen LogP contribution in [0.5, 0.6) is 0 Å². The molecule has 0 N–H and O–H groups in total. The summed E-state index contributed by atoms with van der Waals surface area (Å²) < 4.78 is 0. The van der Waals surface area contributed by atoms with Crippen LogP contribution in [0.4, 0.5) is 0 Å². The molecular formula is C22H26ClN3S2. The number of pyridine rings is 1. The molecule has 0 bridgehead atoms. The number of aliphatic imine (C=N–C) groups is 1. The summed E-state index contributed by atoms with van der Waals surface area (Å²) in [6, 6.07) is 3.92. The number of hydrogen-bond acceptors (Lipinski definition) is 5. The van der Waals surface area contributed by atoms with Gasteiger partial charge >= 0.3 is 0 Å². The first kappa shape index (κ1) is 20.3. The highest BCUT2D eigenvalue weighted by Gasteiger charge is 2.29. The zero-order valence-electron chi connectivity index (χ0n) is 16.4. The molecule has 1 aromatic rings. The van der Waals surface area contributed by atoms with Gasteiger partial charge in [0.05, 0.1) is 10.7 Å². The largest absolute Gasteiger partial charge is 0.306 e. The van der Waals surface area contributed by atoms with Crippen LogP contribution in [-0.2, 0) is 0 Å². The molecule has 0 aromatic carbocycles. The van der Waals surface area contributed by atoms with Crippen LogP contribution >= 0.6 is 35.1 Å². The van der Waals surface area contributed by atoms with Crippen molar-refractivity contribution in [3.63, 3.8) is 0 Å². The van der Waals surface area contributed by atoms with Crippen molar-refractivity contribution < 1.29 is 0 Å². The van der Waals surface area contributed by atoms with E-state index in [0.29, 0.717) is 10.9 Å². The Morgan fingerprint density at radius 2 is 1.96 bits per heavy atom. The highest BCUT2D eigenvalue weighted by atomic mass is 35.5. The van der Waals surface area contributed by atoms with Gasteiger partial charge in [0.1, 0.15) is 5.03 Å². The van der Waals surface area contributed by atoms with Crippen LogP contribution in [0.2, 0.25) is 5.02 Å². The number of hydrogen-bond donors (Lipinski definition) is 0. The zero-order valence-corrected chi connectivity index (χ0v) is 18.8. The fourth-order valence-electron chi connectivity index (χ4n) is 3.94. The highest BCUT2D eigenvalue weighted by molar-refractivity contribution is 8.03. The number of likely N-dealkylation sites (tertiary alicyclic amines) is 1. The molecule has 0 radical (unpaired) electrons. The Morgan fingerprint density at radius 1 is 1.14 bits per heavy atom. The average molecular weight is 432 g/mol. The summed E-state index contributed by atoms with van der Waals surface area (Å²) in [4.78, 5) is 14.9. The van der Waals surface area contributed by atoms with Gasteiger partial charge in [-0.25, -0.2) is 4.98 Å². The molecule has 1 aromatic heterocycles. The molecule has 148 valence electrons. The normalized spacial score (nSPS) is 21.6. The van der Waals surface area contributed by atoms with Crippen molar-refractivity contribution in [3.05, 3.63) is 56.6 Å². The minimum atomic E-state index is 0.615. The Labute approximate surface area is 181 Å². The second kappa shape index (κ2) is 9.21. The van der Waals surface area contributed by atoms with E-state index in [-0.39, 0.29) is 0 Å².